The third-order valence-electron chi connectivity index (χ3n) is 4.12. The Labute approximate surface area is 183 Å². The zero-order chi connectivity index (χ0) is 23.7. The minimum atomic E-state index is -4.58. The van der Waals surface area contributed by atoms with Gasteiger partial charge in [0.1, 0.15) is 12.1 Å². The van der Waals surface area contributed by atoms with Crippen molar-refractivity contribution in [2.45, 2.75) is 32.5 Å². The molecule has 0 unspecified atom stereocenters. The van der Waals surface area contributed by atoms with Crippen molar-refractivity contribution in [3.8, 4) is 11.4 Å². The van der Waals surface area contributed by atoms with E-state index in [1.54, 1.807) is 23.5 Å². The SMILES string of the molecule is CC(=O)Nc1nc2ccc(-c3ncc(F)c(NC(C)(C)C(=O)NCC(F)(F)F)n3)cc2s1. The van der Waals surface area contributed by atoms with Gasteiger partial charge >= 0.3 is 6.18 Å². The van der Waals surface area contributed by atoms with Gasteiger partial charge in [-0.25, -0.2) is 19.3 Å². The van der Waals surface area contributed by atoms with Crippen LogP contribution in [0, 0.1) is 5.82 Å². The Bertz CT molecular complexity index is 1180. The van der Waals surface area contributed by atoms with Crippen LogP contribution in [0.25, 0.3) is 21.6 Å². The van der Waals surface area contributed by atoms with E-state index in [9.17, 15) is 27.2 Å². The topological polar surface area (TPSA) is 109 Å². The number of halogens is 4. The summed E-state index contributed by atoms with van der Waals surface area (Å²) in [6.45, 7) is 2.45. The summed E-state index contributed by atoms with van der Waals surface area (Å²) in [7, 11) is 0. The first kappa shape index (κ1) is 23.3. The van der Waals surface area contributed by atoms with Crippen molar-refractivity contribution < 1.29 is 27.2 Å². The van der Waals surface area contributed by atoms with E-state index in [-0.39, 0.29) is 17.5 Å². The van der Waals surface area contributed by atoms with Crippen LogP contribution in [-0.2, 0) is 9.59 Å². The van der Waals surface area contributed by atoms with Crippen LogP contribution in [0.1, 0.15) is 20.8 Å². The standard InChI is InChI=1S/C19H18F4N6O2S/c1-9(30)26-17-27-12-5-4-10(6-13(12)32-17)14-24-7-11(20)15(28-14)29-18(2,3)16(31)25-8-19(21,22)23/h4-7H,8H2,1-3H3,(H,25,31)(H,24,28,29)(H,26,27,30). The zero-order valence-corrected chi connectivity index (χ0v) is 17.9. The van der Waals surface area contributed by atoms with Gasteiger partial charge in [0.25, 0.3) is 0 Å². The van der Waals surface area contributed by atoms with Gasteiger partial charge in [0.15, 0.2) is 22.6 Å². The maximum Gasteiger partial charge on any atom is 0.405 e. The molecule has 0 atom stereocenters. The molecule has 0 aliphatic rings. The van der Waals surface area contributed by atoms with Gasteiger partial charge in [-0.15, -0.1) is 0 Å². The molecule has 2 heterocycles. The predicted molar refractivity (Wildman–Crippen MR) is 112 cm³/mol. The molecule has 3 rings (SSSR count). The number of nitrogens with zero attached hydrogens (tertiary/aromatic N) is 3. The van der Waals surface area contributed by atoms with Crippen LogP contribution < -0.4 is 16.0 Å². The van der Waals surface area contributed by atoms with E-state index in [2.05, 4.69) is 25.6 Å². The molecule has 170 valence electrons. The second-order valence-corrected chi connectivity index (χ2v) is 8.35. The van der Waals surface area contributed by atoms with Gasteiger partial charge in [0, 0.05) is 12.5 Å². The molecule has 0 saturated carbocycles. The number of nitrogens with one attached hydrogen (secondary N) is 3. The molecular formula is C19H18F4N6O2S. The molecule has 2 amide bonds. The zero-order valence-electron chi connectivity index (χ0n) is 17.1. The highest BCUT2D eigenvalue weighted by Gasteiger charge is 2.34. The molecule has 3 N–H and O–H groups in total. The fourth-order valence-corrected chi connectivity index (χ4v) is 3.57. The van der Waals surface area contributed by atoms with E-state index in [0.717, 1.165) is 10.9 Å². The molecule has 0 aliphatic heterocycles. The average molecular weight is 470 g/mol. The highest BCUT2D eigenvalue weighted by atomic mass is 32.1. The summed E-state index contributed by atoms with van der Waals surface area (Å²) >= 11 is 1.23. The molecule has 0 fully saturated rings. The number of rotatable bonds is 6. The second-order valence-electron chi connectivity index (χ2n) is 7.32. The van der Waals surface area contributed by atoms with Crippen molar-refractivity contribution >= 4 is 44.3 Å². The van der Waals surface area contributed by atoms with Crippen molar-refractivity contribution in [3.05, 3.63) is 30.2 Å². The lowest BCUT2D eigenvalue weighted by molar-refractivity contribution is -0.140. The molecule has 8 nitrogen and oxygen atoms in total. The van der Waals surface area contributed by atoms with Crippen molar-refractivity contribution in [2.24, 2.45) is 0 Å². The summed E-state index contributed by atoms with van der Waals surface area (Å²) < 4.78 is 52.1. The third-order valence-corrected chi connectivity index (χ3v) is 5.06. The fourth-order valence-electron chi connectivity index (χ4n) is 2.62. The van der Waals surface area contributed by atoms with Crippen LogP contribution >= 0.6 is 11.3 Å². The monoisotopic (exact) mass is 470 g/mol. The Balaban J connectivity index is 1.85. The maximum atomic E-state index is 14.3. The van der Waals surface area contributed by atoms with Crippen LogP contribution in [0.3, 0.4) is 0 Å². The second kappa shape index (κ2) is 8.65. The molecular weight excluding hydrogens is 452 g/mol. The molecule has 0 aliphatic carbocycles. The first-order valence-electron chi connectivity index (χ1n) is 9.18. The molecule has 32 heavy (non-hydrogen) atoms. The van der Waals surface area contributed by atoms with Crippen LogP contribution in [-0.4, -0.2) is 45.0 Å². The van der Waals surface area contributed by atoms with Gasteiger partial charge in [-0.05, 0) is 32.0 Å². The van der Waals surface area contributed by atoms with Gasteiger partial charge < -0.3 is 16.0 Å². The predicted octanol–water partition coefficient (Wildman–Crippen LogP) is 3.72. The maximum absolute atomic E-state index is 14.3. The molecule has 0 bridgehead atoms. The number of thiazole rings is 1. The number of carbonyl (C=O) groups excluding carboxylic acids is 2. The van der Waals surface area contributed by atoms with E-state index in [1.807, 2.05) is 0 Å². The Morgan fingerprint density at radius 3 is 2.53 bits per heavy atom. The normalized spacial score (nSPS) is 12.0. The average Bonchev–Trinajstić information content (AvgIpc) is 3.07. The largest absolute Gasteiger partial charge is 0.405 e. The number of benzene rings is 1. The molecule has 0 saturated heterocycles. The summed E-state index contributed by atoms with van der Waals surface area (Å²) in [6, 6.07) is 5.04. The van der Waals surface area contributed by atoms with Gasteiger partial charge in [-0.2, -0.15) is 13.2 Å². The lowest BCUT2D eigenvalue weighted by Crippen LogP contribution is -2.50. The first-order chi connectivity index (χ1) is 14.8. The number of alkyl halides is 3. The van der Waals surface area contributed by atoms with Crippen molar-refractivity contribution in [3.63, 3.8) is 0 Å². The third kappa shape index (κ3) is 5.66. The van der Waals surface area contributed by atoms with Crippen molar-refractivity contribution in [1.82, 2.24) is 20.3 Å². The summed E-state index contributed by atoms with van der Waals surface area (Å²) in [5.41, 5.74) is -0.449. The number of fused-ring (bicyclic) bond motifs is 1. The number of aromatic nitrogens is 3. The van der Waals surface area contributed by atoms with E-state index < -0.39 is 30.0 Å². The van der Waals surface area contributed by atoms with Crippen molar-refractivity contribution in [1.29, 1.82) is 0 Å². The van der Waals surface area contributed by atoms with E-state index in [4.69, 9.17) is 0 Å². The van der Waals surface area contributed by atoms with Gasteiger partial charge in [0.2, 0.25) is 11.8 Å². The molecule has 0 spiro atoms. The first-order valence-corrected chi connectivity index (χ1v) is 10.00. The van der Waals surface area contributed by atoms with Crippen LogP contribution in [0.4, 0.5) is 28.5 Å². The molecule has 3 aromatic rings. The molecule has 2 aromatic heterocycles. The number of hydrogen-bond donors (Lipinski definition) is 3. The molecule has 13 heteroatoms. The summed E-state index contributed by atoms with van der Waals surface area (Å²) in [4.78, 5) is 35.7. The Hall–Kier alpha value is -3.35. The van der Waals surface area contributed by atoms with E-state index >= 15 is 0 Å². The van der Waals surface area contributed by atoms with Gasteiger partial charge in [-0.3, -0.25) is 9.59 Å². The highest BCUT2D eigenvalue weighted by Crippen LogP contribution is 2.30. The summed E-state index contributed by atoms with van der Waals surface area (Å²) in [5.74, 6) is -2.34. The quantitative estimate of drug-likeness (QED) is 0.474. The number of amides is 2. The Morgan fingerprint density at radius 2 is 1.88 bits per heavy atom. The minimum absolute atomic E-state index is 0.122. The Kier molecular flexibility index (Phi) is 6.30. The van der Waals surface area contributed by atoms with E-state index in [0.29, 0.717) is 16.2 Å². The van der Waals surface area contributed by atoms with E-state index in [1.165, 1.54) is 32.1 Å². The van der Waals surface area contributed by atoms with Crippen molar-refractivity contribution in [2.75, 3.05) is 17.2 Å². The lowest BCUT2D eigenvalue weighted by Gasteiger charge is -2.26. The number of carbonyl (C=O) groups is 2. The summed E-state index contributed by atoms with van der Waals surface area (Å²) in [6.07, 6.45) is -3.68. The smallest absolute Gasteiger partial charge is 0.354 e. The number of anilines is 2. The summed E-state index contributed by atoms with van der Waals surface area (Å²) in [5, 5.41) is 7.30. The molecule has 1 aromatic carbocycles. The lowest BCUT2D eigenvalue weighted by atomic mass is 10.0. The Morgan fingerprint density at radius 1 is 1.16 bits per heavy atom. The van der Waals surface area contributed by atoms with Gasteiger partial charge in [0.05, 0.1) is 16.4 Å². The number of hydrogen-bond acceptors (Lipinski definition) is 7. The minimum Gasteiger partial charge on any atom is -0.354 e. The fraction of sp³-hybridized carbons (Fsp3) is 0.316. The highest BCUT2D eigenvalue weighted by molar-refractivity contribution is 7.22. The van der Waals surface area contributed by atoms with Crippen LogP contribution in [0.2, 0.25) is 0 Å². The molecule has 0 radical (unpaired) electrons. The van der Waals surface area contributed by atoms with Crippen LogP contribution in [0.15, 0.2) is 24.4 Å². The van der Waals surface area contributed by atoms with Crippen LogP contribution in [0.5, 0.6) is 0 Å². The van der Waals surface area contributed by atoms with Gasteiger partial charge in [-0.1, -0.05) is 11.3 Å².